The Morgan fingerprint density at radius 2 is 1.81 bits per heavy atom. The first-order chi connectivity index (χ1) is 19.9. The number of rotatable bonds is 12. The van der Waals surface area contributed by atoms with Gasteiger partial charge in [0.05, 0.1) is 47.0 Å². The predicted molar refractivity (Wildman–Crippen MR) is 155 cm³/mol. The molecular weight excluding hydrogens is 586 g/mol. The number of phenols is 1. The van der Waals surface area contributed by atoms with Gasteiger partial charge in [0.25, 0.3) is 0 Å². The Balaban J connectivity index is 1.27. The molecule has 2 heterocycles. The number of phenolic OH excluding ortho intramolecular Hbond substituents is 1. The molecule has 0 saturated carbocycles. The van der Waals surface area contributed by atoms with E-state index in [9.17, 15) is 31.8 Å². The molecule has 15 heteroatoms. The lowest BCUT2D eigenvalue weighted by atomic mass is 9.98. The molecule has 42 heavy (non-hydrogen) atoms. The van der Waals surface area contributed by atoms with Crippen molar-refractivity contribution in [1.82, 2.24) is 19.4 Å². The van der Waals surface area contributed by atoms with Crippen LogP contribution in [0.1, 0.15) is 41.8 Å². The third kappa shape index (κ3) is 7.86. The molecule has 3 aromatic rings. The van der Waals surface area contributed by atoms with Gasteiger partial charge in [0, 0.05) is 25.8 Å². The molecule has 1 atom stereocenters. The Bertz CT molecular complexity index is 1600. The third-order valence-electron chi connectivity index (χ3n) is 6.88. The molecular formula is C27H35N5O8S2. The van der Waals surface area contributed by atoms with Gasteiger partial charge in [-0.1, -0.05) is 6.07 Å². The summed E-state index contributed by atoms with van der Waals surface area (Å²) in [6.07, 6.45) is 4.24. The second-order valence-corrected chi connectivity index (χ2v) is 13.7. The largest absolute Gasteiger partial charge is 0.506 e. The van der Waals surface area contributed by atoms with Gasteiger partial charge in [-0.25, -0.2) is 26.3 Å². The summed E-state index contributed by atoms with van der Waals surface area (Å²) in [6, 6.07) is 10.5. The predicted octanol–water partition coefficient (Wildman–Crippen LogP) is 1.85. The summed E-state index contributed by atoms with van der Waals surface area (Å²) in [5.41, 5.74) is 1.33. The van der Waals surface area contributed by atoms with Crippen molar-refractivity contribution in [3.63, 3.8) is 0 Å². The maximum absolute atomic E-state index is 13.2. The number of ether oxygens (including phenoxy) is 1. The van der Waals surface area contributed by atoms with Crippen LogP contribution in [0.4, 0.5) is 5.69 Å². The van der Waals surface area contributed by atoms with Gasteiger partial charge in [-0.05, 0) is 74.2 Å². The molecule has 0 amide bonds. The van der Waals surface area contributed by atoms with Crippen molar-refractivity contribution in [1.29, 1.82) is 0 Å². The van der Waals surface area contributed by atoms with Crippen molar-refractivity contribution in [2.75, 3.05) is 43.8 Å². The molecule has 0 unspecified atom stereocenters. The highest BCUT2D eigenvalue weighted by Gasteiger charge is 2.29. The number of nitrogens with zero attached hydrogens (tertiary/aromatic N) is 3. The molecule has 1 aliphatic heterocycles. The Labute approximate surface area is 245 Å². The van der Waals surface area contributed by atoms with E-state index in [0.717, 1.165) is 6.26 Å². The summed E-state index contributed by atoms with van der Waals surface area (Å²) in [7, 11) is -7.29. The Hall–Kier alpha value is -3.50. The summed E-state index contributed by atoms with van der Waals surface area (Å²) in [4.78, 5) is 12.0. The van der Waals surface area contributed by atoms with E-state index >= 15 is 0 Å². The van der Waals surface area contributed by atoms with Gasteiger partial charge in [0.2, 0.25) is 20.0 Å². The number of carbonyl (C=O) groups excluding carboxylic acids is 1. The zero-order valence-corrected chi connectivity index (χ0v) is 24.9. The van der Waals surface area contributed by atoms with Crippen LogP contribution >= 0.6 is 0 Å². The highest BCUT2D eigenvalue weighted by molar-refractivity contribution is 7.92. The number of piperidine rings is 1. The molecule has 228 valence electrons. The van der Waals surface area contributed by atoms with Gasteiger partial charge in [-0.2, -0.15) is 9.40 Å². The van der Waals surface area contributed by atoms with Gasteiger partial charge < -0.3 is 20.3 Å². The van der Waals surface area contributed by atoms with Crippen LogP contribution < -0.4 is 10.0 Å². The Kier molecular flexibility index (Phi) is 9.89. The van der Waals surface area contributed by atoms with Gasteiger partial charge in [-0.15, -0.1) is 0 Å². The van der Waals surface area contributed by atoms with Crippen molar-refractivity contribution in [2.24, 2.45) is 5.92 Å². The summed E-state index contributed by atoms with van der Waals surface area (Å²) < 4.78 is 59.6. The first kappa shape index (κ1) is 31.4. The second-order valence-electron chi connectivity index (χ2n) is 10.1. The van der Waals surface area contributed by atoms with Crippen LogP contribution in [-0.2, 0) is 24.8 Å². The maximum atomic E-state index is 13.2. The highest BCUT2D eigenvalue weighted by Crippen LogP contribution is 2.28. The molecule has 4 rings (SSSR count). The van der Waals surface area contributed by atoms with Crippen molar-refractivity contribution in [3.05, 3.63) is 66.0 Å². The van der Waals surface area contributed by atoms with E-state index in [2.05, 4.69) is 15.1 Å². The molecule has 1 saturated heterocycles. The van der Waals surface area contributed by atoms with Crippen molar-refractivity contribution < 1.29 is 36.6 Å². The van der Waals surface area contributed by atoms with Gasteiger partial charge in [-0.3, -0.25) is 4.72 Å². The summed E-state index contributed by atoms with van der Waals surface area (Å²) in [5, 5.41) is 27.8. The molecule has 0 spiro atoms. The van der Waals surface area contributed by atoms with E-state index in [-0.39, 0.29) is 35.4 Å². The average Bonchev–Trinajstić information content (AvgIpc) is 3.45. The van der Waals surface area contributed by atoms with E-state index in [0.29, 0.717) is 49.3 Å². The minimum Gasteiger partial charge on any atom is -0.506 e. The number of sulfonamides is 2. The number of nitrogens with one attached hydrogen (secondary N) is 2. The first-order valence-corrected chi connectivity index (χ1v) is 16.7. The molecule has 1 aromatic heterocycles. The van der Waals surface area contributed by atoms with Crippen molar-refractivity contribution >= 4 is 31.7 Å². The van der Waals surface area contributed by atoms with Gasteiger partial charge in [0.1, 0.15) is 5.75 Å². The SMILES string of the molecule is CCOC(=O)c1cnn(-c2ccc(S(=O)(=O)N3CCC(CNC[C@@H](O)c4ccc(O)c(NS(C)(=O)=O)c4)CC3)cc2)c1. The number of hydrogen-bond acceptors (Lipinski definition) is 10. The Morgan fingerprint density at radius 1 is 1.12 bits per heavy atom. The number of aromatic nitrogens is 2. The third-order valence-corrected chi connectivity index (χ3v) is 9.38. The number of esters is 1. The fourth-order valence-electron chi connectivity index (χ4n) is 4.64. The van der Waals surface area contributed by atoms with Crippen molar-refractivity contribution in [3.8, 4) is 11.4 Å². The second kappa shape index (κ2) is 13.2. The standard InChI is InChI=1S/C27H35N5O8S2/c1-3-40-27(35)21-16-29-32(18-21)22-5-7-23(8-6-22)42(38,39)31-12-10-19(11-13-31)15-28-17-26(34)20-4-9-25(33)24(14-20)30-41(2,36)37/h4-9,14,16,18-19,26,28,30,33-34H,3,10-13,15,17H2,1-2H3/t26-/m1/s1. The zero-order valence-electron chi connectivity index (χ0n) is 23.3. The van der Waals surface area contributed by atoms with E-state index in [1.807, 2.05) is 0 Å². The number of benzene rings is 2. The molecule has 0 radical (unpaired) electrons. The van der Waals surface area contributed by atoms with Gasteiger partial charge in [0.15, 0.2) is 0 Å². The summed E-state index contributed by atoms with van der Waals surface area (Å²) >= 11 is 0. The minimum absolute atomic E-state index is 0.0122. The van der Waals surface area contributed by atoms with Crippen LogP contribution in [0.25, 0.3) is 5.69 Å². The fourth-order valence-corrected chi connectivity index (χ4v) is 6.67. The van der Waals surface area contributed by atoms with Crippen LogP contribution in [0.5, 0.6) is 5.75 Å². The molecule has 1 fully saturated rings. The molecule has 1 aliphatic rings. The van der Waals surface area contributed by atoms with Gasteiger partial charge >= 0.3 is 5.97 Å². The van der Waals surface area contributed by atoms with E-state index in [4.69, 9.17) is 4.74 Å². The topological polar surface area (TPSA) is 180 Å². The van der Waals surface area contributed by atoms with E-state index < -0.39 is 32.1 Å². The highest BCUT2D eigenvalue weighted by atomic mass is 32.2. The first-order valence-electron chi connectivity index (χ1n) is 13.4. The number of carbonyl (C=O) groups is 1. The van der Waals surface area contributed by atoms with Crippen LogP contribution in [-0.4, -0.2) is 86.1 Å². The lowest BCUT2D eigenvalue weighted by molar-refractivity contribution is 0.0526. The number of aromatic hydroxyl groups is 1. The van der Waals surface area contributed by atoms with E-state index in [1.165, 1.54) is 51.7 Å². The monoisotopic (exact) mass is 621 g/mol. The normalized spacial score (nSPS) is 15.8. The average molecular weight is 622 g/mol. The molecule has 13 nitrogen and oxygen atoms in total. The summed E-state index contributed by atoms with van der Waals surface area (Å²) in [5.74, 6) is -0.514. The van der Waals surface area contributed by atoms with Crippen LogP contribution in [0.15, 0.2) is 59.8 Å². The Morgan fingerprint density at radius 3 is 2.45 bits per heavy atom. The molecule has 0 aliphatic carbocycles. The van der Waals surface area contributed by atoms with Crippen LogP contribution in [0.3, 0.4) is 0 Å². The fraction of sp³-hybridized carbons (Fsp3) is 0.407. The number of aliphatic hydroxyl groups is 1. The molecule has 0 bridgehead atoms. The van der Waals surface area contributed by atoms with Crippen LogP contribution in [0.2, 0.25) is 0 Å². The number of aliphatic hydroxyl groups excluding tert-OH is 1. The summed E-state index contributed by atoms with van der Waals surface area (Å²) in [6.45, 7) is 3.46. The smallest absolute Gasteiger partial charge is 0.341 e. The van der Waals surface area contributed by atoms with Crippen LogP contribution in [0, 0.1) is 5.92 Å². The molecule has 2 aromatic carbocycles. The van der Waals surface area contributed by atoms with Crippen molar-refractivity contribution in [2.45, 2.75) is 30.8 Å². The quantitative estimate of drug-likeness (QED) is 0.172. The molecule has 4 N–H and O–H groups in total. The van der Waals surface area contributed by atoms with E-state index in [1.54, 1.807) is 19.1 Å². The number of anilines is 1. The zero-order chi connectivity index (χ0) is 30.5. The number of hydrogen-bond donors (Lipinski definition) is 4. The lowest BCUT2D eigenvalue weighted by Crippen LogP contribution is -2.41. The lowest BCUT2D eigenvalue weighted by Gasteiger charge is -2.31. The maximum Gasteiger partial charge on any atom is 0.341 e. The minimum atomic E-state index is -3.69.